The third-order valence-corrected chi connectivity index (χ3v) is 7.80. The van der Waals surface area contributed by atoms with E-state index < -0.39 is 23.3 Å². The zero-order valence-corrected chi connectivity index (χ0v) is 20.6. The second-order valence-electron chi connectivity index (χ2n) is 10.2. The van der Waals surface area contributed by atoms with Crippen molar-refractivity contribution in [3.05, 3.63) is 58.0 Å². The Kier molecular flexibility index (Phi) is 5.86. The number of methoxy groups -OCH3 is 1. The van der Waals surface area contributed by atoms with Crippen LogP contribution < -0.4 is 10.3 Å². The van der Waals surface area contributed by atoms with Crippen LogP contribution in [0.1, 0.15) is 23.6 Å². The Morgan fingerprint density at radius 1 is 1.00 bits per heavy atom. The van der Waals surface area contributed by atoms with E-state index in [1.54, 1.807) is 24.3 Å². The number of carbonyl (C=O) groups excluding carboxylic acids is 3. The van der Waals surface area contributed by atoms with E-state index in [9.17, 15) is 24.3 Å². The van der Waals surface area contributed by atoms with Crippen LogP contribution in [0.25, 0.3) is 0 Å². The van der Waals surface area contributed by atoms with E-state index >= 15 is 0 Å². The molecule has 0 saturated carbocycles. The Balaban J connectivity index is 1.51. The SMILES string of the molecule is COc1cc(CC2(CN3CC4C[C@@H](C3)c3cccc(=O)n3C4)C(=O)N(C)C(=O)N(C)C2=O)ccc1O. The van der Waals surface area contributed by atoms with E-state index in [0.717, 1.165) is 21.9 Å². The number of aromatic hydroxyl groups is 1. The Bertz CT molecular complexity index is 1280. The number of piperidine rings is 1. The Morgan fingerprint density at radius 2 is 1.72 bits per heavy atom. The summed E-state index contributed by atoms with van der Waals surface area (Å²) < 4.78 is 7.07. The Labute approximate surface area is 208 Å². The van der Waals surface area contributed by atoms with Gasteiger partial charge in [0.25, 0.3) is 5.56 Å². The molecule has 0 aliphatic carbocycles. The zero-order valence-electron chi connectivity index (χ0n) is 20.6. The largest absolute Gasteiger partial charge is 0.504 e. The van der Waals surface area contributed by atoms with Crippen molar-refractivity contribution in [3.63, 3.8) is 0 Å². The van der Waals surface area contributed by atoms with Gasteiger partial charge in [0.15, 0.2) is 11.5 Å². The molecule has 2 bridgehead atoms. The molecule has 1 N–H and O–H groups in total. The fraction of sp³-hybridized carbons (Fsp3) is 0.462. The van der Waals surface area contributed by atoms with Crippen LogP contribution in [0.15, 0.2) is 41.2 Å². The van der Waals surface area contributed by atoms with E-state index in [1.807, 2.05) is 10.6 Å². The van der Waals surface area contributed by atoms with Crippen LogP contribution in [-0.2, 0) is 22.6 Å². The van der Waals surface area contributed by atoms with Crippen LogP contribution in [0, 0.1) is 11.3 Å². The molecule has 2 atom stereocenters. The Morgan fingerprint density at radius 3 is 2.42 bits per heavy atom. The van der Waals surface area contributed by atoms with Gasteiger partial charge in [0, 0.05) is 58.0 Å². The summed E-state index contributed by atoms with van der Waals surface area (Å²) in [5, 5.41) is 10.0. The lowest BCUT2D eigenvalue weighted by atomic mass is 9.75. The van der Waals surface area contributed by atoms with Gasteiger partial charge in [-0.3, -0.25) is 24.2 Å². The summed E-state index contributed by atoms with van der Waals surface area (Å²) in [6.45, 7) is 1.98. The van der Waals surface area contributed by atoms with Crippen molar-refractivity contribution in [1.82, 2.24) is 19.3 Å². The molecule has 4 amide bonds. The average Bonchev–Trinajstić information content (AvgIpc) is 2.87. The molecule has 0 radical (unpaired) electrons. The summed E-state index contributed by atoms with van der Waals surface area (Å²) in [5.74, 6) is -0.564. The topological polar surface area (TPSA) is 112 Å². The second-order valence-corrected chi connectivity index (χ2v) is 10.2. The number of hydrogen-bond donors (Lipinski definition) is 1. The van der Waals surface area contributed by atoms with Gasteiger partial charge in [-0.05, 0) is 42.5 Å². The number of phenols is 1. The van der Waals surface area contributed by atoms with Crippen LogP contribution in [0.3, 0.4) is 0 Å². The number of phenolic OH excluding ortho intramolecular Hbond substituents is 1. The molecule has 190 valence electrons. The predicted molar refractivity (Wildman–Crippen MR) is 130 cm³/mol. The van der Waals surface area contributed by atoms with Crippen LogP contribution in [0.4, 0.5) is 4.79 Å². The number of aromatic nitrogens is 1. The second kappa shape index (κ2) is 8.77. The predicted octanol–water partition coefficient (Wildman–Crippen LogP) is 1.26. The van der Waals surface area contributed by atoms with Gasteiger partial charge >= 0.3 is 6.03 Å². The molecule has 10 nitrogen and oxygen atoms in total. The number of ether oxygens (including phenoxy) is 1. The minimum atomic E-state index is -1.53. The maximum absolute atomic E-state index is 13.7. The number of imide groups is 2. The highest BCUT2D eigenvalue weighted by Gasteiger charge is 2.56. The molecular formula is C26H30N4O6. The molecule has 0 spiro atoms. The number of pyridine rings is 1. The summed E-state index contributed by atoms with van der Waals surface area (Å²) in [6, 6.07) is 9.40. The van der Waals surface area contributed by atoms with E-state index in [2.05, 4.69) is 4.90 Å². The van der Waals surface area contributed by atoms with Crippen LogP contribution in [-0.4, -0.2) is 83.1 Å². The maximum Gasteiger partial charge on any atom is 0.332 e. The van der Waals surface area contributed by atoms with Crippen LogP contribution >= 0.6 is 0 Å². The highest BCUT2D eigenvalue weighted by Crippen LogP contribution is 2.40. The first-order valence-electron chi connectivity index (χ1n) is 12.0. The lowest BCUT2D eigenvalue weighted by Gasteiger charge is -2.48. The number of barbiturate groups is 1. The molecular weight excluding hydrogens is 464 g/mol. The first kappa shape index (κ1) is 24.1. The average molecular weight is 495 g/mol. The number of nitrogens with zero attached hydrogens (tertiary/aromatic N) is 4. The number of rotatable bonds is 5. The van der Waals surface area contributed by atoms with E-state index in [-0.39, 0.29) is 41.9 Å². The molecule has 10 heteroatoms. The van der Waals surface area contributed by atoms with Crippen molar-refractivity contribution in [2.75, 3.05) is 40.8 Å². The molecule has 1 aromatic carbocycles. The molecule has 5 rings (SSSR count). The fourth-order valence-corrected chi connectivity index (χ4v) is 6.16. The lowest BCUT2D eigenvalue weighted by Crippen LogP contribution is -2.67. The van der Waals surface area contributed by atoms with Gasteiger partial charge in [-0.15, -0.1) is 0 Å². The summed E-state index contributed by atoms with van der Waals surface area (Å²) in [4.78, 5) is 56.5. The van der Waals surface area contributed by atoms with Crippen molar-refractivity contribution in [2.24, 2.45) is 11.3 Å². The lowest BCUT2D eigenvalue weighted by molar-refractivity contribution is -0.159. The van der Waals surface area contributed by atoms with Gasteiger partial charge in [-0.2, -0.15) is 0 Å². The molecule has 1 unspecified atom stereocenters. The third-order valence-electron chi connectivity index (χ3n) is 7.80. The summed E-state index contributed by atoms with van der Waals surface area (Å²) >= 11 is 0. The molecule has 2 saturated heterocycles. The quantitative estimate of drug-likeness (QED) is 0.623. The highest BCUT2D eigenvalue weighted by molar-refractivity contribution is 6.19. The van der Waals surface area contributed by atoms with Crippen molar-refractivity contribution in [3.8, 4) is 11.5 Å². The minimum absolute atomic E-state index is 0.00667. The third kappa shape index (κ3) is 3.76. The number of amides is 4. The van der Waals surface area contributed by atoms with Crippen molar-refractivity contribution in [2.45, 2.75) is 25.3 Å². The van der Waals surface area contributed by atoms with Crippen molar-refractivity contribution < 1.29 is 24.2 Å². The van der Waals surface area contributed by atoms with E-state index in [4.69, 9.17) is 4.74 Å². The van der Waals surface area contributed by atoms with Gasteiger partial charge in [0.2, 0.25) is 11.8 Å². The van der Waals surface area contributed by atoms with Crippen molar-refractivity contribution >= 4 is 17.8 Å². The molecule has 3 aliphatic rings. The normalized spacial score (nSPS) is 23.6. The highest BCUT2D eigenvalue weighted by atomic mass is 16.5. The number of benzene rings is 1. The maximum atomic E-state index is 13.7. The smallest absolute Gasteiger partial charge is 0.332 e. The molecule has 3 aliphatic heterocycles. The molecule has 1 aromatic heterocycles. The standard InChI is InChI=1S/C26H30N4O6/c1-27-23(33)26(24(34)28(2)25(27)35,11-16-7-8-20(31)21(10-16)36-3)15-29-12-17-9-18(14-29)19-5-4-6-22(32)30(19)13-17/h4-8,10,17-18,31H,9,11-15H2,1-3H3/t17?,18-/m0/s1. The van der Waals surface area contributed by atoms with E-state index in [1.165, 1.54) is 27.3 Å². The molecule has 4 heterocycles. The van der Waals surface area contributed by atoms with Gasteiger partial charge in [-0.25, -0.2) is 4.79 Å². The minimum Gasteiger partial charge on any atom is -0.504 e. The number of urea groups is 1. The molecule has 36 heavy (non-hydrogen) atoms. The number of likely N-dealkylation sites (tertiary alicyclic amines) is 1. The Hall–Kier alpha value is -3.66. The van der Waals surface area contributed by atoms with Gasteiger partial charge in [0.05, 0.1) is 7.11 Å². The van der Waals surface area contributed by atoms with Crippen LogP contribution in [0.2, 0.25) is 0 Å². The summed E-state index contributed by atoms with van der Waals surface area (Å²) in [7, 11) is 4.22. The summed E-state index contributed by atoms with van der Waals surface area (Å²) in [6.07, 6.45) is 0.993. The number of fused-ring (bicyclic) bond motifs is 4. The fourth-order valence-electron chi connectivity index (χ4n) is 6.16. The monoisotopic (exact) mass is 494 g/mol. The first-order valence-corrected chi connectivity index (χ1v) is 12.0. The van der Waals surface area contributed by atoms with Crippen LogP contribution in [0.5, 0.6) is 11.5 Å². The number of hydrogen-bond acceptors (Lipinski definition) is 7. The zero-order chi connectivity index (χ0) is 25.8. The van der Waals surface area contributed by atoms with Gasteiger partial charge < -0.3 is 19.3 Å². The first-order chi connectivity index (χ1) is 17.1. The molecule has 2 aromatic rings. The number of carbonyl (C=O) groups is 3. The van der Waals surface area contributed by atoms with Gasteiger partial charge in [0.1, 0.15) is 5.41 Å². The van der Waals surface area contributed by atoms with Crippen molar-refractivity contribution in [1.29, 1.82) is 0 Å². The van der Waals surface area contributed by atoms with Gasteiger partial charge in [-0.1, -0.05) is 12.1 Å². The molecule has 2 fully saturated rings. The van der Waals surface area contributed by atoms with E-state index in [0.29, 0.717) is 25.2 Å². The summed E-state index contributed by atoms with van der Waals surface area (Å²) in [5.41, 5.74) is 0.0809.